The molecule has 0 saturated carbocycles. The van der Waals surface area contributed by atoms with E-state index < -0.39 is 0 Å². The van der Waals surface area contributed by atoms with E-state index in [-0.39, 0.29) is 6.04 Å². The van der Waals surface area contributed by atoms with Crippen LogP contribution in [0.2, 0.25) is 0 Å². The summed E-state index contributed by atoms with van der Waals surface area (Å²) in [5.41, 5.74) is 2.50. The van der Waals surface area contributed by atoms with Crippen molar-refractivity contribution in [2.45, 2.75) is 33.2 Å². The van der Waals surface area contributed by atoms with E-state index in [1.165, 1.54) is 19.8 Å². The summed E-state index contributed by atoms with van der Waals surface area (Å²) in [5.74, 6) is 1.02. The zero-order valence-corrected chi connectivity index (χ0v) is 13.3. The Balaban J connectivity index is 2.37. The molecule has 0 spiro atoms. The molecule has 0 amide bonds. The molecule has 1 N–H and O–H groups in total. The van der Waals surface area contributed by atoms with Gasteiger partial charge in [-0.05, 0) is 66.0 Å². The molecule has 1 unspecified atom stereocenters. The third-order valence-corrected chi connectivity index (χ3v) is 4.57. The summed E-state index contributed by atoms with van der Waals surface area (Å²) in [6.45, 7) is 7.41. The van der Waals surface area contributed by atoms with Crippen LogP contribution in [-0.4, -0.2) is 6.54 Å². The molecule has 2 aromatic rings. The maximum atomic E-state index is 5.67. The minimum Gasteiger partial charge on any atom is -0.467 e. The molecule has 0 aliphatic heterocycles. The highest BCUT2D eigenvalue weighted by Crippen LogP contribution is 2.34. The Kier molecular flexibility index (Phi) is 4.65. The number of hydrogen-bond donors (Lipinski definition) is 1. The van der Waals surface area contributed by atoms with Gasteiger partial charge in [-0.25, -0.2) is 0 Å². The molecule has 2 rings (SSSR count). The molecule has 1 atom stereocenters. The van der Waals surface area contributed by atoms with Gasteiger partial charge in [-0.1, -0.05) is 6.92 Å². The third-order valence-electron chi connectivity index (χ3n) is 3.00. The Morgan fingerprint density at radius 2 is 2.22 bits per heavy atom. The van der Waals surface area contributed by atoms with E-state index >= 15 is 0 Å². The van der Waals surface area contributed by atoms with Crippen molar-refractivity contribution < 1.29 is 4.42 Å². The van der Waals surface area contributed by atoms with Gasteiger partial charge in [-0.2, -0.15) is 0 Å². The van der Waals surface area contributed by atoms with Crippen LogP contribution in [-0.2, 0) is 0 Å². The van der Waals surface area contributed by atoms with E-state index in [4.69, 9.17) is 4.42 Å². The predicted octanol–water partition coefficient (Wildman–Crippen LogP) is 4.81. The quantitative estimate of drug-likeness (QED) is 0.852. The lowest BCUT2D eigenvalue weighted by Crippen LogP contribution is -2.23. The summed E-state index contributed by atoms with van der Waals surface area (Å²) in [4.78, 5) is 1.33. The van der Waals surface area contributed by atoms with Crippen LogP contribution in [0.3, 0.4) is 0 Å². The lowest BCUT2D eigenvalue weighted by Gasteiger charge is -2.17. The van der Waals surface area contributed by atoms with Gasteiger partial charge in [0.15, 0.2) is 0 Å². The summed E-state index contributed by atoms with van der Waals surface area (Å²) in [7, 11) is 0. The van der Waals surface area contributed by atoms with Crippen LogP contribution in [0.25, 0.3) is 0 Å². The minimum atomic E-state index is 0.155. The van der Waals surface area contributed by atoms with E-state index in [0.717, 1.165) is 18.7 Å². The minimum absolute atomic E-state index is 0.155. The average molecular weight is 328 g/mol. The van der Waals surface area contributed by atoms with Gasteiger partial charge in [0.1, 0.15) is 5.76 Å². The van der Waals surface area contributed by atoms with Gasteiger partial charge in [0, 0.05) is 4.88 Å². The first-order valence-corrected chi connectivity index (χ1v) is 7.77. The van der Waals surface area contributed by atoms with Gasteiger partial charge in [-0.3, -0.25) is 0 Å². The standard InChI is InChI=1S/C14H18BrNOS/c1-4-6-16-13(14-9(2)5-7-17-14)11-8-12(15)18-10(11)3/h5,7-8,13,16H,4,6H2,1-3H3. The van der Waals surface area contributed by atoms with E-state index in [9.17, 15) is 0 Å². The van der Waals surface area contributed by atoms with Crippen LogP contribution in [0.1, 0.15) is 41.2 Å². The molecular formula is C14H18BrNOS. The van der Waals surface area contributed by atoms with Crippen molar-refractivity contribution in [2.75, 3.05) is 6.54 Å². The Morgan fingerprint density at radius 3 is 2.72 bits per heavy atom. The maximum Gasteiger partial charge on any atom is 0.128 e. The van der Waals surface area contributed by atoms with E-state index in [1.807, 2.05) is 6.07 Å². The lowest BCUT2D eigenvalue weighted by atomic mass is 10.0. The number of nitrogens with one attached hydrogen (secondary N) is 1. The molecule has 0 aliphatic rings. The molecule has 0 saturated heterocycles. The first kappa shape index (κ1) is 13.8. The number of thiophene rings is 1. The van der Waals surface area contributed by atoms with Crippen molar-refractivity contribution in [2.24, 2.45) is 0 Å². The zero-order valence-electron chi connectivity index (χ0n) is 10.9. The van der Waals surface area contributed by atoms with Gasteiger partial charge in [-0.15, -0.1) is 11.3 Å². The highest BCUT2D eigenvalue weighted by Gasteiger charge is 2.21. The largest absolute Gasteiger partial charge is 0.467 e. The number of hydrogen-bond acceptors (Lipinski definition) is 3. The van der Waals surface area contributed by atoms with Crippen molar-refractivity contribution in [3.63, 3.8) is 0 Å². The molecule has 0 radical (unpaired) electrons. The number of aryl methyl sites for hydroxylation is 2. The molecule has 2 nitrogen and oxygen atoms in total. The SMILES string of the molecule is CCCNC(c1cc(Br)sc1C)c1occc1C. The first-order valence-electron chi connectivity index (χ1n) is 6.16. The van der Waals surface area contributed by atoms with Crippen LogP contribution in [0.5, 0.6) is 0 Å². The Hall–Kier alpha value is -0.580. The van der Waals surface area contributed by atoms with Crippen molar-refractivity contribution in [1.29, 1.82) is 0 Å². The smallest absolute Gasteiger partial charge is 0.128 e. The van der Waals surface area contributed by atoms with E-state index in [0.29, 0.717) is 0 Å². The fraction of sp³-hybridized carbons (Fsp3) is 0.429. The lowest BCUT2D eigenvalue weighted by molar-refractivity contribution is 0.443. The van der Waals surface area contributed by atoms with Crippen molar-refractivity contribution in [1.82, 2.24) is 5.32 Å². The van der Waals surface area contributed by atoms with Crippen LogP contribution in [0.15, 0.2) is 26.6 Å². The molecule has 0 aromatic carbocycles. The topological polar surface area (TPSA) is 25.2 Å². The molecule has 98 valence electrons. The average Bonchev–Trinajstić information content (AvgIpc) is 2.87. The molecule has 4 heteroatoms. The number of rotatable bonds is 5. The first-order chi connectivity index (χ1) is 8.63. The molecule has 2 heterocycles. The highest BCUT2D eigenvalue weighted by molar-refractivity contribution is 9.11. The number of halogens is 1. The van der Waals surface area contributed by atoms with Gasteiger partial charge in [0.05, 0.1) is 16.1 Å². The second-order valence-electron chi connectivity index (χ2n) is 4.42. The normalized spacial score (nSPS) is 12.9. The molecular weight excluding hydrogens is 310 g/mol. The van der Waals surface area contributed by atoms with Gasteiger partial charge in [0.2, 0.25) is 0 Å². The summed E-state index contributed by atoms with van der Waals surface area (Å²) in [5, 5.41) is 3.58. The monoisotopic (exact) mass is 327 g/mol. The second kappa shape index (κ2) is 6.04. The van der Waals surface area contributed by atoms with Gasteiger partial charge in [0.25, 0.3) is 0 Å². The van der Waals surface area contributed by atoms with E-state index in [1.54, 1.807) is 17.6 Å². The summed E-state index contributed by atoms with van der Waals surface area (Å²) in [6.07, 6.45) is 2.88. The predicted molar refractivity (Wildman–Crippen MR) is 80.3 cm³/mol. The Morgan fingerprint density at radius 1 is 1.44 bits per heavy atom. The summed E-state index contributed by atoms with van der Waals surface area (Å²) < 4.78 is 6.84. The zero-order chi connectivity index (χ0) is 13.1. The molecule has 0 aliphatic carbocycles. The van der Waals surface area contributed by atoms with Crippen LogP contribution < -0.4 is 5.32 Å². The molecule has 0 bridgehead atoms. The van der Waals surface area contributed by atoms with Gasteiger partial charge >= 0.3 is 0 Å². The van der Waals surface area contributed by atoms with Crippen molar-refractivity contribution >= 4 is 27.3 Å². The van der Waals surface area contributed by atoms with Gasteiger partial charge < -0.3 is 9.73 Å². The Labute approximate surface area is 121 Å². The summed E-state index contributed by atoms with van der Waals surface area (Å²) in [6, 6.07) is 4.37. The van der Waals surface area contributed by atoms with E-state index in [2.05, 4.69) is 48.1 Å². The third kappa shape index (κ3) is 2.87. The van der Waals surface area contributed by atoms with Crippen molar-refractivity contribution in [3.8, 4) is 0 Å². The van der Waals surface area contributed by atoms with Crippen LogP contribution >= 0.6 is 27.3 Å². The van der Waals surface area contributed by atoms with Crippen molar-refractivity contribution in [3.05, 3.63) is 43.9 Å². The molecule has 2 aromatic heterocycles. The Bertz CT molecular complexity index is 518. The fourth-order valence-electron chi connectivity index (χ4n) is 2.06. The molecule has 18 heavy (non-hydrogen) atoms. The second-order valence-corrected chi connectivity index (χ2v) is 7.05. The maximum absolute atomic E-state index is 5.67. The van der Waals surface area contributed by atoms with Crippen LogP contribution in [0, 0.1) is 13.8 Å². The van der Waals surface area contributed by atoms with Crippen LogP contribution in [0.4, 0.5) is 0 Å². The number of furan rings is 1. The summed E-state index contributed by atoms with van der Waals surface area (Å²) >= 11 is 5.33. The highest BCUT2D eigenvalue weighted by atomic mass is 79.9. The fourth-order valence-corrected chi connectivity index (χ4v) is 3.81. The molecule has 0 fully saturated rings.